The molecule has 1 saturated carbocycles. The van der Waals surface area contributed by atoms with E-state index in [0.29, 0.717) is 86.9 Å². The van der Waals surface area contributed by atoms with Crippen LogP contribution in [0.3, 0.4) is 0 Å². The Hall–Kier alpha value is -3.93. The quantitative estimate of drug-likeness (QED) is 0.127. The number of hydrogen-bond donors (Lipinski definition) is 1. The Labute approximate surface area is 309 Å². The summed E-state index contributed by atoms with van der Waals surface area (Å²) in [6, 6.07) is 6.49. The summed E-state index contributed by atoms with van der Waals surface area (Å²) in [4.78, 5) is 11.8. The van der Waals surface area contributed by atoms with Crippen molar-refractivity contribution < 1.29 is 28.4 Å². The van der Waals surface area contributed by atoms with Gasteiger partial charge >= 0.3 is 0 Å². The van der Waals surface area contributed by atoms with Crippen LogP contribution in [0.1, 0.15) is 45.1 Å². The van der Waals surface area contributed by atoms with E-state index in [0.717, 1.165) is 63.1 Å². The topological polar surface area (TPSA) is 158 Å². The van der Waals surface area contributed by atoms with Gasteiger partial charge in [-0.1, -0.05) is 17.7 Å². The van der Waals surface area contributed by atoms with Crippen molar-refractivity contribution in [3.05, 3.63) is 48.1 Å². The number of anilines is 2. The first-order valence-electron chi connectivity index (χ1n) is 18.0. The van der Waals surface area contributed by atoms with Gasteiger partial charge in [0.25, 0.3) is 5.88 Å². The van der Waals surface area contributed by atoms with Crippen LogP contribution in [0.4, 0.5) is 11.6 Å². The summed E-state index contributed by atoms with van der Waals surface area (Å²) in [6.45, 7) is 9.29. The molecule has 0 spiro atoms. The Morgan fingerprint density at radius 2 is 1.69 bits per heavy atom. The van der Waals surface area contributed by atoms with Crippen LogP contribution in [0.25, 0.3) is 11.1 Å². The molecule has 0 unspecified atom stereocenters. The predicted octanol–water partition coefficient (Wildman–Crippen LogP) is 4.46. The molecule has 4 aromatic rings. The molecule has 1 N–H and O–H groups in total. The molecule has 0 radical (unpaired) electrons. The van der Waals surface area contributed by atoms with Crippen LogP contribution in [0.2, 0.25) is 5.02 Å². The molecule has 1 saturated heterocycles. The number of methoxy groups -OCH3 is 1. The zero-order valence-electron chi connectivity index (χ0n) is 29.9. The molecule has 0 amide bonds. The van der Waals surface area contributed by atoms with Gasteiger partial charge in [0.15, 0.2) is 0 Å². The summed E-state index contributed by atoms with van der Waals surface area (Å²) in [5, 5.41) is 20.0. The maximum Gasteiger partial charge on any atom is 0.256 e. The summed E-state index contributed by atoms with van der Waals surface area (Å²) in [5.41, 5.74) is 2.40. The van der Waals surface area contributed by atoms with E-state index >= 15 is 0 Å². The SMILES string of the molecule is COCCOCCOCCCOc1nn([C@H]2CC[C@H](N3CCOCC3)CC2)cc1Nc1ncc(-c2ccc(Cl)c(O[C@@H](C)Cn3cnnn3)c2)cn1. The van der Waals surface area contributed by atoms with Gasteiger partial charge in [-0.2, -0.15) is 0 Å². The van der Waals surface area contributed by atoms with E-state index < -0.39 is 0 Å². The molecule has 17 heteroatoms. The number of ether oxygens (including phenoxy) is 6. The molecule has 1 aromatic carbocycles. The summed E-state index contributed by atoms with van der Waals surface area (Å²) in [5.74, 6) is 1.50. The summed E-state index contributed by atoms with van der Waals surface area (Å²) in [7, 11) is 1.66. The van der Waals surface area contributed by atoms with Gasteiger partial charge in [0.1, 0.15) is 23.9 Å². The van der Waals surface area contributed by atoms with Crippen molar-refractivity contribution >= 4 is 23.2 Å². The van der Waals surface area contributed by atoms with Crippen molar-refractivity contribution in [1.82, 2.24) is 44.9 Å². The number of nitrogens with one attached hydrogen (secondary N) is 1. The number of rotatable bonds is 20. The van der Waals surface area contributed by atoms with Gasteiger partial charge in [0.05, 0.1) is 70.1 Å². The maximum absolute atomic E-state index is 6.47. The maximum atomic E-state index is 6.47. The average molecular weight is 741 g/mol. The molecule has 52 heavy (non-hydrogen) atoms. The molecule has 0 bridgehead atoms. The molecule has 6 rings (SSSR count). The largest absolute Gasteiger partial charge is 0.487 e. The monoisotopic (exact) mass is 740 g/mol. The van der Waals surface area contributed by atoms with Gasteiger partial charge in [0.2, 0.25) is 5.95 Å². The van der Waals surface area contributed by atoms with Gasteiger partial charge in [-0.05, 0) is 60.7 Å². The van der Waals surface area contributed by atoms with Crippen molar-refractivity contribution in [2.45, 2.75) is 63.8 Å². The Kier molecular flexibility index (Phi) is 14.4. The highest BCUT2D eigenvalue weighted by molar-refractivity contribution is 6.32. The highest BCUT2D eigenvalue weighted by atomic mass is 35.5. The van der Waals surface area contributed by atoms with E-state index in [2.05, 4.69) is 35.7 Å². The number of tetrazole rings is 1. The lowest BCUT2D eigenvalue weighted by Crippen LogP contribution is -2.45. The number of aromatic nitrogens is 8. The molecule has 16 nitrogen and oxygen atoms in total. The molecular weight excluding hydrogens is 692 g/mol. The van der Waals surface area contributed by atoms with E-state index in [-0.39, 0.29) is 12.1 Å². The highest BCUT2D eigenvalue weighted by Gasteiger charge is 2.29. The third kappa shape index (κ3) is 11.0. The van der Waals surface area contributed by atoms with E-state index in [1.54, 1.807) is 36.6 Å². The fourth-order valence-electron chi connectivity index (χ4n) is 6.40. The predicted molar refractivity (Wildman–Crippen MR) is 193 cm³/mol. The fraction of sp³-hybridized carbons (Fsp3) is 0.600. The molecule has 2 aliphatic rings. The van der Waals surface area contributed by atoms with E-state index in [9.17, 15) is 0 Å². The minimum atomic E-state index is -0.213. The molecule has 4 heterocycles. The van der Waals surface area contributed by atoms with Crippen molar-refractivity contribution in [2.24, 2.45) is 0 Å². The van der Waals surface area contributed by atoms with Crippen molar-refractivity contribution in [3.63, 3.8) is 0 Å². The number of morpholine rings is 1. The number of halogens is 1. The Bertz CT molecular complexity index is 1610. The summed E-state index contributed by atoms with van der Waals surface area (Å²) < 4.78 is 37.7. The smallest absolute Gasteiger partial charge is 0.256 e. The second-order valence-corrected chi connectivity index (χ2v) is 13.3. The van der Waals surface area contributed by atoms with Gasteiger partial charge in [-0.25, -0.2) is 14.6 Å². The fourth-order valence-corrected chi connectivity index (χ4v) is 6.56. The highest BCUT2D eigenvalue weighted by Crippen LogP contribution is 2.35. The van der Waals surface area contributed by atoms with Gasteiger partial charge in [-0.15, -0.1) is 10.2 Å². The lowest BCUT2D eigenvalue weighted by atomic mass is 9.90. The van der Waals surface area contributed by atoms with Crippen LogP contribution < -0.4 is 14.8 Å². The first-order chi connectivity index (χ1) is 25.6. The van der Waals surface area contributed by atoms with Crippen LogP contribution in [-0.4, -0.2) is 130 Å². The second-order valence-electron chi connectivity index (χ2n) is 12.9. The normalized spacial score (nSPS) is 18.7. The first-order valence-corrected chi connectivity index (χ1v) is 18.4. The third-order valence-corrected chi connectivity index (χ3v) is 9.41. The Morgan fingerprint density at radius 1 is 0.942 bits per heavy atom. The van der Waals surface area contributed by atoms with Crippen LogP contribution in [0.15, 0.2) is 43.1 Å². The van der Waals surface area contributed by atoms with Crippen LogP contribution >= 0.6 is 11.6 Å². The van der Waals surface area contributed by atoms with E-state index in [1.165, 1.54) is 0 Å². The van der Waals surface area contributed by atoms with Crippen molar-refractivity contribution in [3.8, 4) is 22.8 Å². The zero-order chi connectivity index (χ0) is 36.0. The number of nitrogens with zero attached hydrogens (tertiary/aromatic N) is 9. The van der Waals surface area contributed by atoms with Gasteiger partial charge < -0.3 is 33.7 Å². The van der Waals surface area contributed by atoms with E-state index in [4.69, 9.17) is 45.1 Å². The summed E-state index contributed by atoms with van der Waals surface area (Å²) >= 11 is 6.47. The third-order valence-electron chi connectivity index (χ3n) is 9.10. The molecule has 2 fully saturated rings. The van der Waals surface area contributed by atoms with Crippen LogP contribution in [0, 0.1) is 0 Å². The number of benzene rings is 1. The van der Waals surface area contributed by atoms with Crippen LogP contribution in [0.5, 0.6) is 11.6 Å². The minimum Gasteiger partial charge on any atom is -0.487 e. The number of hydrogen-bond acceptors (Lipinski definition) is 14. The van der Waals surface area contributed by atoms with Gasteiger partial charge in [0, 0.05) is 57.2 Å². The van der Waals surface area contributed by atoms with E-state index in [1.807, 2.05) is 29.9 Å². The van der Waals surface area contributed by atoms with Crippen LogP contribution in [-0.2, 0) is 25.5 Å². The van der Waals surface area contributed by atoms with Crippen molar-refractivity contribution in [1.29, 1.82) is 0 Å². The zero-order valence-corrected chi connectivity index (χ0v) is 30.7. The molecule has 1 aliphatic heterocycles. The van der Waals surface area contributed by atoms with Gasteiger partial charge in [-0.3, -0.25) is 9.58 Å². The molecule has 282 valence electrons. The molecule has 1 aliphatic carbocycles. The first kappa shape index (κ1) is 37.8. The Morgan fingerprint density at radius 3 is 2.44 bits per heavy atom. The average Bonchev–Trinajstić information content (AvgIpc) is 3.84. The Balaban J connectivity index is 1.07. The molecule has 1 atom stereocenters. The molecule has 3 aromatic heterocycles. The summed E-state index contributed by atoms with van der Waals surface area (Å²) in [6.07, 6.45) is 12.0. The lowest BCUT2D eigenvalue weighted by molar-refractivity contribution is 0.00502. The standard InChI is InChI=1S/C35H49ClN10O6/c1-26(23-45-25-39-42-43-45)52-33-20-27(4-9-31(33)36)28-21-37-35(38-22-28)40-32-24-46(30-7-5-29(6-8-30)44-10-14-49-15-11-44)41-34(32)51-13-3-12-48-18-19-50-17-16-47-2/h4,9,20-22,24-26,29-30H,3,5-8,10-19,23H2,1-2H3,(H,37,38,40)/t26-,29-,30-/m0/s1. The molecular formula is C35H49ClN10O6. The second kappa shape index (κ2) is 19.8. The van der Waals surface area contributed by atoms with Crippen molar-refractivity contribution in [2.75, 3.05) is 78.4 Å². The minimum absolute atomic E-state index is 0.213. The lowest BCUT2D eigenvalue weighted by Gasteiger charge is -2.38.